The first kappa shape index (κ1) is 24.9. The summed E-state index contributed by atoms with van der Waals surface area (Å²) in [5.41, 5.74) is 3.32. The summed E-state index contributed by atoms with van der Waals surface area (Å²) in [6, 6.07) is 30.9. The molecule has 0 spiro atoms. The molecule has 0 atom stereocenters. The second-order valence-corrected chi connectivity index (χ2v) is 9.51. The Morgan fingerprint density at radius 1 is 0.886 bits per heavy atom. The maximum absolute atomic E-state index is 13.1. The van der Waals surface area contributed by atoms with Crippen LogP contribution in [0.2, 0.25) is 0 Å². The Hall–Kier alpha value is -3.26. The highest BCUT2D eigenvalue weighted by Crippen LogP contribution is 2.30. The number of hydrogen-bond acceptors (Lipinski definition) is 4. The lowest BCUT2D eigenvalue weighted by molar-refractivity contribution is -0.136. The maximum atomic E-state index is 13.1. The van der Waals surface area contributed by atoms with Crippen LogP contribution in [0.1, 0.15) is 22.3 Å². The van der Waals surface area contributed by atoms with Crippen LogP contribution in [0.5, 0.6) is 5.75 Å². The Morgan fingerprint density at radius 2 is 1.49 bits per heavy atom. The quantitative estimate of drug-likeness (QED) is 0.189. The summed E-state index contributed by atoms with van der Waals surface area (Å²) in [6.45, 7) is 0.426. The van der Waals surface area contributed by atoms with Gasteiger partial charge in [-0.15, -0.1) is 0 Å². The minimum atomic E-state index is -1.88. The number of halogens is 2. The van der Waals surface area contributed by atoms with Crippen molar-refractivity contribution in [1.82, 2.24) is 5.43 Å². The van der Waals surface area contributed by atoms with Crippen LogP contribution in [-0.4, -0.2) is 17.2 Å². The summed E-state index contributed by atoms with van der Waals surface area (Å²) in [6.07, 6.45) is 1.52. The van der Waals surface area contributed by atoms with Gasteiger partial charge in [0.25, 0.3) is 5.91 Å². The number of rotatable bonds is 8. The molecule has 0 saturated heterocycles. The molecule has 0 aliphatic rings. The van der Waals surface area contributed by atoms with Gasteiger partial charge in [-0.3, -0.25) is 4.79 Å². The van der Waals surface area contributed by atoms with Crippen LogP contribution in [0.25, 0.3) is 0 Å². The molecule has 0 aliphatic heterocycles. The molecule has 2 N–H and O–H groups in total. The zero-order valence-corrected chi connectivity index (χ0v) is 21.7. The Bertz CT molecular complexity index is 1270. The molecule has 0 radical (unpaired) electrons. The van der Waals surface area contributed by atoms with Crippen molar-refractivity contribution in [3.05, 3.63) is 134 Å². The van der Waals surface area contributed by atoms with Crippen LogP contribution in [-0.2, 0) is 17.0 Å². The van der Waals surface area contributed by atoms with Gasteiger partial charge in [-0.1, -0.05) is 98.6 Å². The monoisotopic (exact) mass is 592 g/mol. The molecular weight excluding hydrogens is 572 g/mol. The van der Waals surface area contributed by atoms with Crippen LogP contribution >= 0.6 is 31.9 Å². The lowest BCUT2D eigenvalue weighted by Gasteiger charge is -2.27. The molecule has 0 heterocycles. The van der Waals surface area contributed by atoms with Crippen molar-refractivity contribution in [1.29, 1.82) is 0 Å². The van der Waals surface area contributed by atoms with Gasteiger partial charge < -0.3 is 9.84 Å². The van der Waals surface area contributed by atoms with Gasteiger partial charge in [-0.05, 0) is 53.1 Å². The predicted octanol–water partition coefficient (Wildman–Crippen LogP) is 6.18. The topological polar surface area (TPSA) is 70.9 Å². The summed E-state index contributed by atoms with van der Waals surface area (Å²) >= 11 is 6.98. The first-order valence-corrected chi connectivity index (χ1v) is 12.4. The van der Waals surface area contributed by atoms with Crippen LogP contribution in [0.15, 0.2) is 117 Å². The molecule has 7 heteroatoms. The lowest BCUT2D eigenvalue weighted by atomic mass is 9.85. The number of carbonyl (C=O) groups excluding carboxylic acids is 1. The van der Waals surface area contributed by atoms with Gasteiger partial charge in [-0.25, -0.2) is 5.43 Å². The first-order valence-electron chi connectivity index (χ1n) is 10.8. The number of hydrazone groups is 1. The number of nitrogens with one attached hydrogen (secondary N) is 1. The number of benzene rings is 4. The predicted molar refractivity (Wildman–Crippen MR) is 144 cm³/mol. The van der Waals surface area contributed by atoms with Gasteiger partial charge >= 0.3 is 0 Å². The maximum Gasteiger partial charge on any atom is 0.281 e. The Balaban J connectivity index is 1.42. The van der Waals surface area contributed by atoms with Crippen LogP contribution in [0.3, 0.4) is 0 Å². The van der Waals surface area contributed by atoms with Crippen molar-refractivity contribution in [3.8, 4) is 5.75 Å². The molecule has 0 fully saturated rings. The summed E-state index contributed by atoms with van der Waals surface area (Å²) in [5.74, 6) is 0.0645. The molecule has 35 heavy (non-hydrogen) atoms. The van der Waals surface area contributed by atoms with E-state index in [2.05, 4.69) is 42.4 Å². The number of aliphatic hydroxyl groups is 1. The summed E-state index contributed by atoms with van der Waals surface area (Å²) in [5, 5.41) is 15.5. The van der Waals surface area contributed by atoms with E-state index in [1.165, 1.54) is 6.21 Å². The molecule has 4 rings (SSSR count). The molecule has 176 valence electrons. The zero-order chi connectivity index (χ0) is 24.7. The van der Waals surface area contributed by atoms with Crippen molar-refractivity contribution >= 4 is 44.0 Å². The highest BCUT2D eigenvalue weighted by Gasteiger charge is 2.39. The van der Waals surface area contributed by atoms with E-state index in [4.69, 9.17) is 4.74 Å². The lowest BCUT2D eigenvalue weighted by Crippen LogP contribution is -2.43. The van der Waals surface area contributed by atoms with Crippen LogP contribution in [0, 0.1) is 0 Å². The van der Waals surface area contributed by atoms with Crippen molar-refractivity contribution in [2.24, 2.45) is 5.10 Å². The third kappa shape index (κ3) is 6.06. The van der Waals surface area contributed by atoms with Gasteiger partial charge in [0.1, 0.15) is 12.4 Å². The Morgan fingerprint density at radius 3 is 2.06 bits per heavy atom. The standard InChI is InChI=1S/C28H22Br2N2O3/c29-24-14-13-21(26(30)17-24)19-35-25-15-11-20(12-16-25)18-31-32-27(33)28(34,22-7-3-1-4-8-22)23-9-5-2-6-10-23/h1-18,34H,19H2,(H,32,33)/b31-18-. The molecule has 4 aromatic rings. The zero-order valence-electron chi connectivity index (χ0n) is 18.6. The molecule has 5 nitrogen and oxygen atoms in total. The van der Waals surface area contributed by atoms with Crippen molar-refractivity contribution in [2.75, 3.05) is 0 Å². The molecule has 0 aromatic heterocycles. The van der Waals surface area contributed by atoms with Gasteiger partial charge in [-0.2, -0.15) is 5.10 Å². The molecule has 4 aromatic carbocycles. The largest absolute Gasteiger partial charge is 0.489 e. The van der Waals surface area contributed by atoms with Crippen LogP contribution < -0.4 is 10.2 Å². The summed E-state index contributed by atoms with van der Waals surface area (Å²) in [4.78, 5) is 13.1. The fourth-order valence-electron chi connectivity index (χ4n) is 3.48. The third-order valence-corrected chi connectivity index (χ3v) is 6.61. The van der Waals surface area contributed by atoms with Gasteiger partial charge in [0, 0.05) is 14.5 Å². The second kappa shape index (κ2) is 11.4. The molecule has 0 saturated carbocycles. The van der Waals surface area contributed by atoms with E-state index in [1.54, 1.807) is 48.5 Å². The Labute approximate surface area is 220 Å². The van der Waals surface area contributed by atoms with E-state index < -0.39 is 11.5 Å². The number of carbonyl (C=O) groups is 1. The van der Waals surface area contributed by atoms with Crippen molar-refractivity contribution in [3.63, 3.8) is 0 Å². The van der Waals surface area contributed by atoms with Gasteiger partial charge in [0.05, 0.1) is 6.21 Å². The second-order valence-electron chi connectivity index (χ2n) is 7.74. The summed E-state index contributed by atoms with van der Waals surface area (Å²) < 4.78 is 7.83. The molecule has 0 bridgehead atoms. The van der Waals surface area contributed by atoms with Crippen molar-refractivity contribution in [2.45, 2.75) is 12.2 Å². The fourth-order valence-corrected chi connectivity index (χ4v) is 4.65. The third-order valence-electron chi connectivity index (χ3n) is 5.38. The van der Waals surface area contributed by atoms with E-state index in [0.29, 0.717) is 23.5 Å². The van der Waals surface area contributed by atoms with E-state index >= 15 is 0 Å². The first-order chi connectivity index (χ1) is 17.0. The number of ether oxygens (including phenoxy) is 1. The average Bonchev–Trinajstić information content (AvgIpc) is 2.89. The SMILES string of the molecule is O=C(N/N=C\c1ccc(OCc2ccc(Br)cc2Br)cc1)C(O)(c1ccccc1)c1ccccc1. The van der Waals surface area contributed by atoms with Gasteiger partial charge in [0.2, 0.25) is 0 Å². The fraction of sp³-hybridized carbons (Fsp3) is 0.0714. The van der Waals surface area contributed by atoms with E-state index in [1.807, 2.05) is 54.6 Å². The smallest absolute Gasteiger partial charge is 0.281 e. The number of nitrogens with zero attached hydrogens (tertiary/aromatic N) is 1. The van der Waals surface area contributed by atoms with Crippen molar-refractivity contribution < 1.29 is 14.6 Å². The van der Waals surface area contributed by atoms with E-state index in [9.17, 15) is 9.90 Å². The minimum absolute atomic E-state index is 0.426. The highest BCUT2D eigenvalue weighted by atomic mass is 79.9. The Kier molecular flexibility index (Phi) is 8.13. The molecule has 1 amide bonds. The average molecular weight is 594 g/mol. The van der Waals surface area contributed by atoms with Gasteiger partial charge in [0.15, 0.2) is 5.60 Å². The number of amides is 1. The van der Waals surface area contributed by atoms with E-state index in [-0.39, 0.29) is 0 Å². The molecule has 0 unspecified atom stereocenters. The normalized spacial score (nSPS) is 11.4. The minimum Gasteiger partial charge on any atom is -0.489 e. The highest BCUT2D eigenvalue weighted by molar-refractivity contribution is 9.11. The molecular formula is C28H22Br2N2O3. The number of hydrogen-bond donors (Lipinski definition) is 2. The molecule has 0 aliphatic carbocycles. The summed E-state index contributed by atoms with van der Waals surface area (Å²) in [7, 11) is 0. The van der Waals surface area contributed by atoms with Crippen LogP contribution in [0.4, 0.5) is 0 Å². The van der Waals surface area contributed by atoms with E-state index in [0.717, 1.165) is 20.1 Å².